The van der Waals surface area contributed by atoms with Crippen molar-refractivity contribution in [2.75, 3.05) is 19.0 Å². The first-order valence-corrected chi connectivity index (χ1v) is 8.53. The molecule has 0 radical (unpaired) electrons. The third-order valence-corrected chi connectivity index (χ3v) is 5.02. The molecular weight excluding hydrogens is 328 g/mol. The molecule has 0 N–H and O–H groups in total. The van der Waals surface area contributed by atoms with E-state index in [0.29, 0.717) is 11.1 Å². The number of ether oxygens (including phenoxy) is 1. The quantitative estimate of drug-likeness (QED) is 0.534. The average molecular weight is 348 g/mol. The van der Waals surface area contributed by atoms with Crippen molar-refractivity contribution < 1.29 is 14.3 Å². The van der Waals surface area contributed by atoms with Crippen LogP contribution < -0.4 is 4.90 Å². The second-order valence-electron chi connectivity index (χ2n) is 6.85. The largest absolute Gasteiger partial charge is 0.447 e. The summed E-state index contributed by atoms with van der Waals surface area (Å²) in [5.41, 5.74) is 5.55. The topological polar surface area (TPSA) is 51.0 Å². The van der Waals surface area contributed by atoms with E-state index in [1.165, 1.54) is 0 Å². The van der Waals surface area contributed by atoms with Gasteiger partial charge in [0.1, 0.15) is 0 Å². The second kappa shape index (κ2) is 5.73. The maximum Gasteiger partial charge on any atom is 0.339 e. The normalized spacial score (nSPS) is 15.8. The van der Waals surface area contributed by atoms with E-state index in [1.54, 1.807) is 6.92 Å². The van der Waals surface area contributed by atoms with E-state index in [4.69, 9.17) is 4.74 Å². The van der Waals surface area contributed by atoms with Gasteiger partial charge in [0.15, 0.2) is 11.9 Å². The fourth-order valence-corrected chi connectivity index (χ4v) is 3.79. The number of anilines is 1. The highest BCUT2D eigenvalue weighted by atomic mass is 16.5. The van der Waals surface area contributed by atoms with E-state index in [2.05, 4.69) is 0 Å². The van der Waals surface area contributed by atoms with E-state index >= 15 is 0 Å². The summed E-state index contributed by atoms with van der Waals surface area (Å²) >= 11 is 0. The fraction of sp³-hybridized carbons (Fsp3) is 0.238. The summed E-state index contributed by atoms with van der Waals surface area (Å²) < 4.78 is 7.70. The summed E-state index contributed by atoms with van der Waals surface area (Å²) in [5.74, 6) is -0.326. The van der Waals surface area contributed by atoms with E-state index in [-0.39, 0.29) is 11.8 Å². The Morgan fingerprint density at radius 2 is 1.96 bits per heavy atom. The van der Waals surface area contributed by atoms with Crippen molar-refractivity contribution in [2.24, 2.45) is 0 Å². The van der Waals surface area contributed by atoms with Crippen LogP contribution in [0.1, 0.15) is 50.6 Å². The Balaban J connectivity index is 1.95. The Bertz CT molecular complexity index is 1060. The van der Waals surface area contributed by atoms with Gasteiger partial charge in [0, 0.05) is 37.1 Å². The molecule has 5 heteroatoms. The number of hydrogen-bond donors (Lipinski definition) is 0. The highest BCUT2D eigenvalue weighted by Gasteiger charge is 2.36. The number of carbonyl (C=O) groups is 2. The molecule has 1 aliphatic heterocycles. The summed E-state index contributed by atoms with van der Waals surface area (Å²) in [7, 11) is 3.87. The minimum Gasteiger partial charge on any atom is -0.447 e. The Labute approximate surface area is 151 Å². The van der Waals surface area contributed by atoms with Crippen molar-refractivity contribution in [2.45, 2.75) is 20.0 Å². The monoisotopic (exact) mass is 348 g/mol. The molecule has 4 rings (SSSR count). The number of ketones is 1. The minimum atomic E-state index is -0.517. The number of nitrogens with zero attached hydrogens (tertiary/aromatic N) is 2. The third kappa shape index (κ3) is 2.24. The zero-order valence-electron chi connectivity index (χ0n) is 15.2. The summed E-state index contributed by atoms with van der Waals surface area (Å²) in [6, 6.07) is 11.5. The van der Waals surface area contributed by atoms with Gasteiger partial charge in [-0.1, -0.05) is 12.1 Å². The van der Waals surface area contributed by atoms with E-state index in [1.807, 2.05) is 72.9 Å². The predicted octanol–water partition coefficient (Wildman–Crippen LogP) is 3.78. The van der Waals surface area contributed by atoms with Gasteiger partial charge >= 0.3 is 5.97 Å². The van der Waals surface area contributed by atoms with Gasteiger partial charge in [-0.25, -0.2) is 4.79 Å². The zero-order chi connectivity index (χ0) is 18.6. The average Bonchev–Trinajstić information content (AvgIpc) is 3.08. The smallest absolute Gasteiger partial charge is 0.339 e. The first kappa shape index (κ1) is 16.4. The van der Waals surface area contributed by atoms with Gasteiger partial charge in [-0.3, -0.25) is 4.79 Å². The number of pyridine rings is 1. The van der Waals surface area contributed by atoms with Crippen molar-refractivity contribution in [3.8, 4) is 0 Å². The molecule has 1 unspecified atom stereocenters. The number of carbonyl (C=O) groups excluding carboxylic acids is 2. The molecule has 132 valence electrons. The lowest BCUT2D eigenvalue weighted by molar-refractivity contribution is 0.0447. The Hall–Kier alpha value is -3.08. The lowest BCUT2D eigenvalue weighted by atomic mass is 9.98. The van der Waals surface area contributed by atoms with Crippen LogP contribution in [0.25, 0.3) is 5.52 Å². The van der Waals surface area contributed by atoms with Crippen LogP contribution in [0.5, 0.6) is 0 Å². The molecule has 0 amide bonds. The number of fused-ring (bicyclic) bond motifs is 2. The van der Waals surface area contributed by atoms with Gasteiger partial charge in [0.05, 0.1) is 16.8 Å². The van der Waals surface area contributed by atoms with E-state index < -0.39 is 6.10 Å². The van der Waals surface area contributed by atoms with Crippen molar-refractivity contribution in [3.63, 3.8) is 0 Å². The number of cyclic esters (lactones) is 1. The zero-order valence-corrected chi connectivity index (χ0v) is 15.2. The first-order valence-electron chi connectivity index (χ1n) is 8.53. The van der Waals surface area contributed by atoms with Crippen LogP contribution in [0.4, 0.5) is 5.69 Å². The summed E-state index contributed by atoms with van der Waals surface area (Å²) in [4.78, 5) is 26.7. The van der Waals surface area contributed by atoms with E-state index in [0.717, 1.165) is 28.0 Å². The predicted molar refractivity (Wildman–Crippen MR) is 100 cm³/mol. The van der Waals surface area contributed by atoms with Crippen LogP contribution in [0.2, 0.25) is 0 Å². The molecule has 26 heavy (non-hydrogen) atoms. The maximum atomic E-state index is 12.5. The molecule has 3 heterocycles. The van der Waals surface area contributed by atoms with Gasteiger partial charge in [-0.2, -0.15) is 0 Å². The molecule has 0 aliphatic carbocycles. The molecular formula is C21H20N2O3. The minimum absolute atomic E-state index is 0.00459. The Kier molecular flexibility index (Phi) is 3.61. The first-order chi connectivity index (χ1) is 12.4. The molecule has 1 aliphatic rings. The lowest BCUT2D eigenvalue weighted by Crippen LogP contribution is -2.09. The molecule has 3 aromatic rings. The van der Waals surface area contributed by atoms with Crippen LogP contribution in [0.3, 0.4) is 0 Å². The van der Waals surface area contributed by atoms with Crippen LogP contribution in [-0.4, -0.2) is 30.2 Å². The molecule has 5 nitrogen and oxygen atoms in total. The highest BCUT2D eigenvalue weighted by molar-refractivity contribution is 6.03. The van der Waals surface area contributed by atoms with Crippen molar-refractivity contribution in [3.05, 3.63) is 70.5 Å². The van der Waals surface area contributed by atoms with Gasteiger partial charge in [-0.15, -0.1) is 0 Å². The van der Waals surface area contributed by atoms with Crippen molar-refractivity contribution >= 4 is 23.0 Å². The molecule has 1 atom stereocenters. The number of rotatable bonds is 3. The van der Waals surface area contributed by atoms with Gasteiger partial charge < -0.3 is 14.0 Å². The number of benzene rings is 1. The molecule has 0 spiro atoms. The van der Waals surface area contributed by atoms with Crippen LogP contribution in [0.15, 0.2) is 42.6 Å². The molecule has 0 saturated carbocycles. The number of esters is 1. The van der Waals surface area contributed by atoms with Gasteiger partial charge in [0.25, 0.3) is 0 Å². The number of Topliss-reactive ketones (excluding diaryl/α,β-unsaturated/α-hetero) is 1. The van der Waals surface area contributed by atoms with Crippen molar-refractivity contribution in [1.82, 2.24) is 4.40 Å². The third-order valence-electron chi connectivity index (χ3n) is 5.02. The summed E-state index contributed by atoms with van der Waals surface area (Å²) in [5, 5.41) is 0. The molecule has 2 aromatic heterocycles. The Morgan fingerprint density at radius 1 is 1.19 bits per heavy atom. The van der Waals surface area contributed by atoms with Crippen molar-refractivity contribution in [1.29, 1.82) is 0 Å². The number of aromatic nitrogens is 1. The van der Waals surface area contributed by atoms with Crippen LogP contribution in [-0.2, 0) is 4.74 Å². The van der Waals surface area contributed by atoms with E-state index in [9.17, 15) is 9.59 Å². The standard InChI is InChI=1S/C21H20N2O3/c1-12-18(13(2)24)17-7-5-6-10-23(17)19(12)20-15-9-8-14(22(3)4)11-16(15)21(25)26-20/h5-11,20H,1-4H3. The molecule has 0 saturated heterocycles. The maximum absolute atomic E-state index is 12.5. The second-order valence-corrected chi connectivity index (χ2v) is 6.85. The van der Waals surface area contributed by atoms with Crippen LogP contribution in [0, 0.1) is 6.92 Å². The van der Waals surface area contributed by atoms with Gasteiger partial charge in [-0.05, 0) is 43.7 Å². The lowest BCUT2D eigenvalue weighted by Gasteiger charge is -2.15. The number of hydrogen-bond acceptors (Lipinski definition) is 4. The summed E-state index contributed by atoms with van der Waals surface area (Å²) in [6.45, 7) is 3.48. The molecule has 1 aromatic carbocycles. The Morgan fingerprint density at radius 3 is 2.65 bits per heavy atom. The SMILES string of the molecule is CC(=O)c1c(C)c(C2OC(=O)c3cc(N(C)C)ccc32)n2ccccc12. The van der Waals surface area contributed by atoms with Crippen LogP contribution >= 0.6 is 0 Å². The molecule has 0 fully saturated rings. The molecule has 0 bridgehead atoms. The van der Waals surface area contributed by atoms with Gasteiger partial charge in [0.2, 0.25) is 0 Å². The summed E-state index contributed by atoms with van der Waals surface area (Å²) in [6.07, 6.45) is 1.39. The highest BCUT2D eigenvalue weighted by Crippen LogP contribution is 2.40. The fourth-order valence-electron chi connectivity index (χ4n) is 3.79.